The smallest absolute Gasteiger partial charge is 0.415 e. The van der Waals surface area contributed by atoms with Gasteiger partial charge in [-0.2, -0.15) is 0 Å². The van der Waals surface area contributed by atoms with Crippen LogP contribution in [0, 0.1) is 5.92 Å². The Balaban J connectivity index is 1.94. The van der Waals surface area contributed by atoms with Crippen LogP contribution >= 0.6 is 0 Å². The lowest BCUT2D eigenvalue weighted by molar-refractivity contribution is 0.106. The van der Waals surface area contributed by atoms with Crippen molar-refractivity contribution >= 4 is 6.09 Å². The Morgan fingerprint density at radius 2 is 1.84 bits per heavy atom. The first-order chi connectivity index (χ1) is 11.9. The molecule has 0 aromatic heterocycles. The number of ether oxygens (including phenoxy) is 2. The topological polar surface area (TPSA) is 38.8 Å². The van der Waals surface area contributed by atoms with Crippen molar-refractivity contribution in [3.63, 3.8) is 0 Å². The molecule has 0 spiro atoms. The minimum atomic E-state index is -0.307. The van der Waals surface area contributed by atoms with Gasteiger partial charge < -0.3 is 14.4 Å². The second-order valence-corrected chi connectivity index (χ2v) is 7.98. The van der Waals surface area contributed by atoms with Gasteiger partial charge in [0.15, 0.2) is 0 Å². The molecule has 4 nitrogen and oxygen atoms in total. The van der Waals surface area contributed by atoms with Crippen LogP contribution in [-0.4, -0.2) is 29.7 Å². The molecule has 1 amide bonds. The van der Waals surface area contributed by atoms with Crippen molar-refractivity contribution in [3.8, 4) is 11.5 Å². The molecular weight excluding hydrogens is 314 g/mol. The molecule has 0 unspecified atom stereocenters. The monoisotopic (exact) mass is 347 g/mol. The lowest BCUT2D eigenvalue weighted by atomic mass is 9.90. The highest BCUT2D eigenvalue weighted by atomic mass is 16.6. The van der Waals surface area contributed by atoms with E-state index in [0.717, 1.165) is 18.8 Å². The summed E-state index contributed by atoms with van der Waals surface area (Å²) in [5.41, 5.74) is -0.262. The number of nitrogens with zero attached hydrogens (tertiary/aromatic N) is 1. The zero-order valence-electron chi connectivity index (χ0n) is 16.2. The van der Waals surface area contributed by atoms with Crippen LogP contribution in [0.15, 0.2) is 24.3 Å². The van der Waals surface area contributed by atoms with Crippen LogP contribution in [-0.2, 0) is 0 Å². The summed E-state index contributed by atoms with van der Waals surface area (Å²) < 4.78 is 11.5. The Bertz CT molecular complexity index is 544. The normalized spacial score (nSPS) is 15.7. The van der Waals surface area contributed by atoms with Crippen LogP contribution in [0.3, 0.4) is 0 Å². The predicted molar refractivity (Wildman–Crippen MR) is 101 cm³/mol. The molecule has 0 N–H and O–H groups in total. The molecule has 1 aliphatic rings. The van der Waals surface area contributed by atoms with Crippen LogP contribution in [0.2, 0.25) is 0 Å². The van der Waals surface area contributed by atoms with Crippen LogP contribution in [0.25, 0.3) is 0 Å². The molecule has 0 aliphatic heterocycles. The second-order valence-electron chi connectivity index (χ2n) is 7.98. The minimum Gasteiger partial charge on any atom is -0.493 e. The Morgan fingerprint density at radius 1 is 1.16 bits per heavy atom. The van der Waals surface area contributed by atoms with E-state index in [1.54, 1.807) is 11.0 Å². The number of carbonyl (C=O) groups excluding carboxylic acids is 1. The number of hydrogen-bond donors (Lipinski definition) is 0. The van der Waals surface area contributed by atoms with E-state index in [4.69, 9.17) is 9.47 Å². The first-order valence-corrected chi connectivity index (χ1v) is 9.62. The van der Waals surface area contributed by atoms with E-state index in [1.165, 1.54) is 32.1 Å². The summed E-state index contributed by atoms with van der Waals surface area (Å²) in [5.74, 6) is 1.96. The lowest BCUT2D eigenvalue weighted by Crippen LogP contribution is -2.47. The number of hydrogen-bond acceptors (Lipinski definition) is 3. The summed E-state index contributed by atoms with van der Waals surface area (Å²) in [6.07, 6.45) is 7.08. The fourth-order valence-electron chi connectivity index (χ4n) is 3.28. The SMILES string of the molecule is CCCN(C(=O)Oc1cccc(OCC2CCCCC2)c1)C(C)(C)C. The Labute approximate surface area is 152 Å². The molecular formula is C21H33NO3. The molecule has 1 aromatic carbocycles. The highest BCUT2D eigenvalue weighted by molar-refractivity contribution is 5.71. The van der Waals surface area contributed by atoms with Gasteiger partial charge in [-0.3, -0.25) is 0 Å². The van der Waals surface area contributed by atoms with E-state index >= 15 is 0 Å². The van der Waals surface area contributed by atoms with Gasteiger partial charge in [-0.05, 0) is 58.1 Å². The molecule has 0 atom stereocenters. The molecule has 140 valence electrons. The Hall–Kier alpha value is -1.71. The molecule has 0 bridgehead atoms. The largest absolute Gasteiger partial charge is 0.493 e. The number of rotatable bonds is 6. The fraction of sp³-hybridized carbons (Fsp3) is 0.667. The molecule has 4 heteroatoms. The molecule has 1 fully saturated rings. The maximum Gasteiger partial charge on any atom is 0.415 e. The van der Waals surface area contributed by atoms with E-state index in [2.05, 4.69) is 6.92 Å². The van der Waals surface area contributed by atoms with Crippen molar-refractivity contribution in [2.24, 2.45) is 5.92 Å². The molecule has 0 radical (unpaired) electrons. The van der Waals surface area contributed by atoms with Gasteiger partial charge in [0.1, 0.15) is 11.5 Å². The predicted octanol–water partition coefficient (Wildman–Crippen LogP) is 5.66. The van der Waals surface area contributed by atoms with E-state index in [-0.39, 0.29) is 11.6 Å². The van der Waals surface area contributed by atoms with Crippen molar-refractivity contribution in [3.05, 3.63) is 24.3 Å². The fourth-order valence-corrected chi connectivity index (χ4v) is 3.28. The molecule has 25 heavy (non-hydrogen) atoms. The van der Waals surface area contributed by atoms with Gasteiger partial charge in [-0.15, -0.1) is 0 Å². The summed E-state index contributed by atoms with van der Waals surface area (Å²) in [7, 11) is 0. The zero-order valence-corrected chi connectivity index (χ0v) is 16.2. The summed E-state index contributed by atoms with van der Waals surface area (Å²) in [6, 6.07) is 7.42. The van der Waals surface area contributed by atoms with E-state index < -0.39 is 0 Å². The molecule has 1 aliphatic carbocycles. The zero-order chi connectivity index (χ0) is 18.3. The van der Waals surface area contributed by atoms with Gasteiger partial charge in [-0.25, -0.2) is 4.79 Å². The van der Waals surface area contributed by atoms with Gasteiger partial charge in [0.2, 0.25) is 0 Å². The van der Waals surface area contributed by atoms with E-state index in [1.807, 2.05) is 39.0 Å². The minimum absolute atomic E-state index is 0.262. The van der Waals surface area contributed by atoms with Gasteiger partial charge in [0.25, 0.3) is 0 Å². The molecule has 1 aromatic rings. The summed E-state index contributed by atoms with van der Waals surface area (Å²) in [6.45, 7) is 9.56. The maximum atomic E-state index is 12.5. The van der Waals surface area contributed by atoms with Crippen molar-refractivity contribution in [1.29, 1.82) is 0 Å². The van der Waals surface area contributed by atoms with Crippen molar-refractivity contribution in [1.82, 2.24) is 4.90 Å². The van der Waals surface area contributed by atoms with Crippen molar-refractivity contribution in [2.45, 2.75) is 71.8 Å². The van der Waals surface area contributed by atoms with Gasteiger partial charge in [0.05, 0.1) is 6.61 Å². The van der Waals surface area contributed by atoms with Crippen molar-refractivity contribution < 1.29 is 14.3 Å². The van der Waals surface area contributed by atoms with Crippen LogP contribution < -0.4 is 9.47 Å². The third kappa shape index (κ3) is 6.26. The quantitative estimate of drug-likeness (QED) is 0.667. The van der Waals surface area contributed by atoms with E-state index in [9.17, 15) is 4.79 Å². The maximum absolute atomic E-state index is 12.5. The van der Waals surface area contributed by atoms with Crippen LogP contribution in [0.4, 0.5) is 4.79 Å². The second kappa shape index (κ2) is 9.12. The van der Waals surface area contributed by atoms with Gasteiger partial charge in [-0.1, -0.05) is 32.3 Å². The van der Waals surface area contributed by atoms with Crippen molar-refractivity contribution in [2.75, 3.05) is 13.2 Å². The Morgan fingerprint density at radius 3 is 2.48 bits per heavy atom. The molecule has 2 rings (SSSR count). The highest BCUT2D eigenvalue weighted by Gasteiger charge is 2.27. The average Bonchev–Trinajstić information content (AvgIpc) is 2.58. The third-order valence-electron chi connectivity index (χ3n) is 4.70. The number of amides is 1. The lowest BCUT2D eigenvalue weighted by Gasteiger charge is -2.34. The van der Waals surface area contributed by atoms with E-state index in [0.29, 0.717) is 18.2 Å². The molecule has 0 heterocycles. The standard InChI is InChI=1S/C21H33NO3/c1-5-14-22(21(2,3)4)20(23)25-19-13-9-12-18(15-19)24-16-17-10-7-6-8-11-17/h9,12-13,15,17H,5-8,10-11,14,16H2,1-4H3. The van der Waals surface area contributed by atoms with Gasteiger partial charge >= 0.3 is 6.09 Å². The number of benzene rings is 1. The molecule has 0 saturated heterocycles. The first-order valence-electron chi connectivity index (χ1n) is 9.62. The molecule has 1 saturated carbocycles. The summed E-state index contributed by atoms with van der Waals surface area (Å²) >= 11 is 0. The Kier molecular flexibility index (Phi) is 7.15. The third-order valence-corrected chi connectivity index (χ3v) is 4.70. The summed E-state index contributed by atoms with van der Waals surface area (Å²) in [5, 5.41) is 0. The van der Waals surface area contributed by atoms with Gasteiger partial charge in [0, 0.05) is 18.2 Å². The highest BCUT2D eigenvalue weighted by Crippen LogP contribution is 2.26. The van der Waals surface area contributed by atoms with Crippen LogP contribution in [0.1, 0.15) is 66.2 Å². The summed E-state index contributed by atoms with van der Waals surface area (Å²) in [4.78, 5) is 14.3. The number of carbonyl (C=O) groups is 1. The van der Waals surface area contributed by atoms with Crippen LogP contribution in [0.5, 0.6) is 11.5 Å². The average molecular weight is 347 g/mol. The first kappa shape index (κ1) is 19.6.